The van der Waals surface area contributed by atoms with Crippen molar-refractivity contribution in [2.75, 3.05) is 31.7 Å². The summed E-state index contributed by atoms with van der Waals surface area (Å²) in [6, 6.07) is 6.07. The largest absolute Gasteiger partial charge is 0.494 e. The van der Waals surface area contributed by atoms with E-state index >= 15 is 0 Å². The van der Waals surface area contributed by atoms with Crippen molar-refractivity contribution in [3.05, 3.63) is 18.2 Å². The van der Waals surface area contributed by atoms with Crippen LogP contribution >= 0.6 is 11.3 Å². The summed E-state index contributed by atoms with van der Waals surface area (Å²) in [4.78, 5) is 4.62. The summed E-state index contributed by atoms with van der Waals surface area (Å²) in [5, 5.41) is 4.47. The quantitative estimate of drug-likeness (QED) is 0.915. The lowest BCUT2D eigenvalue weighted by molar-refractivity contribution is 0.0699. The average Bonchev–Trinajstić information content (AvgIpc) is 2.89. The van der Waals surface area contributed by atoms with Gasteiger partial charge in [-0.3, -0.25) is 0 Å². The van der Waals surface area contributed by atoms with Gasteiger partial charge in [-0.15, -0.1) is 0 Å². The van der Waals surface area contributed by atoms with Crippen molar-refractivity contribution >= 4 is 26.7 Å². The highest BCUT2D eigenvalue weighted by molar-refractivity contribution is 7.22. The van der Waals surface area contributed by atoms with E-state index in [4.69, 9.17) is 9.47 Å². The van der Waals surface area contributed by atoms with Crippen LogP contribution in [0, 0.1) is 5.92 Å². The van der Waals surface area contributed by atoms with E-state index < -0.39 is 0 Å². The van der Waals surface area contributed by atoms with Crippen molar-refractivity contribution in [2.45, 2.75) is 19.8 Å². The van der Waals surface area contributed by atoms with Crippen molar-refractivity contribution in [1.29, 1.82) is 0 Å². The molecule has 0 spiro atoms. The second kappa shape index (κ2) is 6.41. The van der Waals surface area contributed by atoms with E-state index in [9.17, 15) is 0 Å². The van der Waals surface area contributed by atoms with Gasteiger partial charge in [-0.2, -0.15) is 0 Å². The summed E-state index contributed by atoms with van der Waals surface area (Å²) < 4.78 is 12.1. The second-order valence-corrected chi connectivity index (χ2v) is 6.05. The molecule has 3 rings (SSSR count). The van der Waals surface area contributed by atoms with Gasteiger partial charge < -0.3 is 14.8 Å². The Kier molecular flexibility index (Phi) is 4.38. The third kappa shape index (κ3) is 3.22. The highest BCUT2D eigenvalue weighted by atomic mass is 32.1. The summed E-state index contributed by atoms with van der Waals surface area (Å²) in [6.07, 6.45) is 2.29. The molecule has 1 aliphatic rings. The van der Waals surface area contributed by atoms with Gasteiger partial charge in [-0.25, -0.2) is 4.98 Å². The van der Waals surface area contributed by atoms with Crippen molar-refractivity contribution in [3.8, 4) is 5.75 Å². The standard InChI is InChI=1S/C15H20N2O2S/c1-2-19-12-3-4-13-14(9-12)20-15(17-13)16-10-11-5-7-18-8-6-11/h3-4,9,11H,2,5-8,10H2,1H3,(H,16,17). The van der Waals surface area contributed by atoms with E-state index in [0.717, 1.165) is 49.0 Å². The molecular formula is C15H20N2O2S. The molecule has 0 aliphatic carbocycles. The van der Waals surface area contributed by atoms with Crippen molar-refractivity contribution in [3.63, 3.8) is 0 Å². The molecule has 0 atom stereocenters. The Bertz CT molecular complexity index is 564. The van der Waals surface area contributed by atoms with Crippen LogP contribution in [0.5, 0.6) is 5.75 Å². The number of hydrogen-bond donors (Lipinski definition) is 1. The van der Waals surface area contributed by atoms with Gasteiger partial charge in [0, 0.05) is 19.8 Å². The minimum Gasteiger partial charge on any atom is -0.494 e. The highest BCUT2D eigenvalue weighted by Crippen LogP contribution is 2.29. The maximum absolute atomic E-state index is 5.52. The van der Waals surface area contributed by atoms with Crippen LogP contribution in [0.15, 0.2) is 18.2 Å². The van der Waals surface area contributed by atoms with Crippen LogP contribution in [-0.4, -0.2) is 31.3 Å². The van der Waals surface area contributed by atoms with E-state index in [1.807, 2.05) is 19.1 Å². The predicted octanol–water partition coefficient (Wildman–Crippen LogP) is 3.53. The number of rotatable bonds is 5. The topological polar surface area (TPSA) is 43.4 Å². The molecule has 0 saturated carbocycles. The van der Waals surface area contributed by atoms with Crippen LogP contribution in [0.3, 0.4) is 0 Å². The lowest BCUT2D eigenvalue weighted by atomic mass is 10.0. The summed E-state index contributed by atoms with van der Waals surface area (Å²) in [7, 11) is 0. The van der Waals surface area contributed by atoms with Crippen molar-refractivity contribution in [2.24, 2.45) is 5.92 Å². The van der Waals surface area contributed by atoms with Crippen LogP contribution in [-0.2, 0) is 4.74 Å². The van der Waals surface area contributed by atoms with Crippen LogP contribution in [0.2, 0.25) is 0 Å². The van der Waals surface area contributed by atoms with E-state index in [-0.39, 0.29) is 0 Å². The molecule has 1 N–H and O–H groups in total. The van der Waals surface area contributed by atoms with E-state index in [1.54, 1.807) is 11.3 Å². The first kappa shape index (κ1) is 13.6. The maximum Gasteiger partial charge on any atom is 0.183 e. The van der Waals surface area contributed by atoms with Crippen LogP contribution in [0.1, 0.15) is 19.8 Å². The van der Waals surface area contributed by atoms with E-state index in [2.05, 4.69) is 16.4 Å². The number of aromatic nitrogens is 1. The molecule has 20 heavy (non-hydrogen) atoms. The van der Waals surface area contributed by atoms with Gasteiger partial charge in [0.15, 0.2) is 5.13 Å². The van der Waals surface area contributed by atoms with Crippen molar-refractivity contribution < 1.29 is 9.47 Å². The number of nitrogens with one attached hydrogen (secondary N) is 1. The Labute approximate surface area is 123 Å². The Morgan fingerprint density at radius 1 is 1.40 bits per heavy atom. The Hall–Kier alpha value is -1.33. The second-order valence-electron chi connectivity index (χ2n) is 5.02. The molecule has 5 heteroatoms. The molecule has 1 aliphatic heterocycles. The van der Waals surface area contributed by atoms with E-state index in [0.29, 0.717) is 12.5 Å². The normalized spacial score (nSPS) is 16.4. The Morgan fingerprint density at radius 3 is 3.05 bits per heavy atom. The molecule has 108 valence electrons. The Balaban J connectivity index is 1.65. The molecule has 1 fully saturated rings. The molecular weight excluding hydrogens is 272 g/mol. The minimum atomic E-state index is 0.694. The number of thiazole rings is 1. The lowest BCUT2D eigenvalue weighted by Crippen LogP contribution is -2.22. The Morgan fingerprint density at radius 2 is 2.25 bits per heavy atom. The number of anilines is 1. The van der Waals surface area contributed by atoms with Crippen molar-refractivity contribution in [1.82, 2.24) is 4.98 Å². The third-order valence-corrected chi connectivity index (χ3v) is 4.53. The van der Waals surface area contributed by atoms with Gasteiger partial charge in [0.1, 0.15) is 5.75 Å². The third-order valence-electron chi connectivity index (χ3n) is 3.55. The molecule has 0 bridgehead atoms. The summed E-state index contributed by atoms with van der Waals surface area (Å²) in [5.41, 5.74) is 1.04. The molecule has 1 aromatic heterocycles. The summed E-state index contributed by atoms with van der Waals surface area (Å²) in [5.74, 6) is 1.62. The smallest absolute Gasteiger partial charge is 0.183 e. The molecule has 2 heterocycles. The van der Waals surface area contributed by atoms with Gasteiger partial charge in [-0.05, 0) is 43.9 Å². The number of ether oxygens (including phenoxy) is 2. The molecule has 0 amide bonds. The monoisotopic (exact) mass is 292 g/mol. The molecule has 1 aromatic carbocycles. The first-order chi connectivity index (χ1) is 9.85. The van der Waals surface area contributed by atoms with Crippen LogP contribution in [0.25, 0.3) is 10.2 Å². The average molecular weight is 292 g/mol. The van der Waals surface area contributed by atoms with Gasteiger partial charge in [0.05, 0.1) is 16.8 Å². The predicted molar refractivity (Wildman–Crippen MR) is 82.8 cm³/mol. The zero-order chi connectivity index (χ0) is 13.8. The molecule has 0 unspecified atom stereocenters. The zero-order valence-corrected chi connectivity index (χ0v) is 12.5. The SMILES string of the molecule is CCOc1ccc2nc(NCC3CCOCC3)sc2c1. The molecule has 2 aromatic rings. The maximum atomic E-state index is 5.52. The van der Waals surface area contributed by atoms with Gasteiger partial charge in [0.25, 0.3) is 0 Å². The number of nitrogens with zero attached hydrogens (tertiary/aromatic N) is 1. The number of hydrogen-bond acceptors (Lipinski definition) is 5. The number of benzene rings is 1. The molecule has 4 nitrogen and oxygen atoms in total. The van der Waals surface area contributed by atoms with Crippen LogP contribution < -0.4 is 10.1 Å². The summed E-state index contributed by atoms with van der Waals surface area (Å²) >= 11 is 1.69. The van der Waals surface area contributed by atoms with E-state index in [1.165, 1.54) is 4.70 Å². The minimum absolute atomic E-state index is 0.694. The lowest BCUT2D eigenvalue weighted by Gasteiger charge is -2.21. The summed E-state index contributed by atoms with van der Waals surface area (Å²) in [6.45, 7) is 5.46. The molecule has 1 saturated heterocycles. The first-order valence-electron chi connectivity index (χ1n) is 7.20. The fourth-order valence-corrected chi connectivity index (χ4v) is 3.32. The number of fused-ring (bicyclic) bond motifs is 1. The van der Waals surface area contributed by atoms with Crippen LogP contribution in [0.4, 0.5) is 5.13 Å². The fourth-order valence-electron chi connectivity index (χ4n) is 2.42. The molecule has 0 radical (unpaired) electrons. The highest BCUT2D eigenvalue weighted by Gasteiger charge is 2.14. The zero-order valence-electron chi connectivity index (χ0n) is 11.7. The fraction of sp³-hybridized carbons (Fsp3) is 0.533. The van der Waals surface area contributed by atoms with Gasteiger partial charge in [0.2, 0.25) is 0 Å². The van der Waals surface area contributed by atoms with Gasteiger partial charge >= 0.3 is 0 Å². The first-order valence-corrected chi connectivity index (χ1v) is 8.02. The van der Waals surface area contributed by atoms with Gasteiger partial charge in [-0.1, -0.05) is 11.3 Å².